The van der Waals surface area contributed by atoms with Crippen molar-refractivity contribution in [3.8, 4) is 0 Å². The van der Waals surface area contributed by atoms with E-state index in [2.05, 4.69) is 26.6 Å². The molecule has 0 aliphatic rings. The highest BCUT2D eigenvalue weighted by molar-refractivity contribution is 9.10. The maximum absolute atomic E-state index is 11.7. The van der Waals surface area contributed by atoms with E-state index >= 15 is 0 Å². The molecule has 0 saturated carbocycles. The minimum absolute atomic E-state index is 0. The summed E-state index contributed by atoms with van der Waals surface area (Å²) in [4.78, 5) is 11.7. The van der Waals surface area contributed by atoms with Gasteiger partial charge >= 0.3 is 0 Å². The number of anilines is 1. The summed E-state index contributed by atoms with van der Waals surface area (Å²) in [6.07, 6.45) is 0. The number of halogens is 2. The van der Waals surface area contributed by atoms with Gasteiger partial charge in [0.1, 0.15) is 0 Å². The van der Waals surface area contributed by atoms with E-state index in [1.807, 2.05) is 26.0 Å². The van der Waals surface area contributed by atoms with Crippen molar-refractivity contribution in [2.75, 3.05) is 32.1 Å². The second kappa shape index (κ2) is 9.31. The van der Waals surface area contributed by atoms with Crippen LogP contribution in [0.2, 0.25) is 0 Å². The summed E-state index contributed by atoms with van der Waals surface area (Å²) < 4.78 is 5.97. The lowest BCUT2D eigenvalue weighted by Crippen LogP contribution is -2.30. The molecule has 0 spiro atoms. The molecule has 0 aliphatic carbocycles. The van der Waals surface area contributed by atoms with Crippen LogP contribution in [0, 0.1) is 13.8 Å². The summed E-state index contributed by atoms with van der Waals surface area (Å²) in [7, 11) is 1.63. The number of nitrogens with one attached hydrogen (secondary N) is 2. The van der Waals surface area contributed by atoms with Crippen molar-refractivity contribution in [3.05, 3.63) is 27.7 Å². The van der Waals surface area contributed by atoms with Crippen LogP contribution in [0.3, 0.4) is 0 Å². The second-order valence-corrected chi connectivity index (χ2v) is 4.93. The van der Waals surface area contributed by atoms with Gasteiger partial charge in [-0.15, -0.1) is 12.4 Å². The van der Waals surface area contributed by atoms with Gasteiger partial charge in [0.25, 0.3) is 0 Å². The number of carbonyl (C=O) groups is 1. The molecule has 1 rings (SSSR count). The molecule has 19 heavy (non-hydrogen) atoms. The van der Waals surface area contributed by atoms with Gasteiger partial charge in [0.15, 0.2) is 0 Å². The van der Waals surface area contributed by atoms with Gasteiger partial charge in [-0.2, -0.15) is 0 Å². The lowest BCUT2D eigenvalue weighted by Gasteiger charge is -2.10. The van der Waals surface area contributed by atoms with Crippen LogP contribution >= 0.6 is 28.3 Å². The molecule has 0 unspecified atom stereocenters. The van der Waals surface area contributed by atoms with Crippen molar-refractivity contribution in [1.29, 1.82) is 0 Å². The molecule has 0 heterocycles. The second-order valence-electron chi connectivity index (χ2n) is 4.14. The Morgan fingerprint density at radius 3 is 2.42 bits per heavy atom. The van der Waals surface area contributed by atoms with E-state index in [-0.39, 0.29) is 24.9 Å². The Bertz CT molecular complexity index is 404. The first kappa shape index (κ1) is 18.4. The molecule has 108 valence electrons. The Labute approximate surface area is 128 Å². The van der Waals surface area contributed by atoms with Crippen LogP contribution in [0.1, 0.15) is 11.1 Å². The van der Waals surface area contributed by atoms with E-state index in [9.17, 15) is 4.79 Å². The zero-order chi connectivity index (χ0) is 13.5. The number of rotatable bonds is 6. The summed E-state index contributed by atoms with van der Waals surface area (Å²) in [6, 6.07) is 3.90. The molecule has 0 atom stereocenters. The topological polar surface area (TPSA) is 50.4 Å². The predicted octanol–water partition coefficient (Wildman–Crippen LogP) is 2.66. The number of carbonyl (C=O) groups excluding carboxylic acids is 1. The predicted molar refractivity (Wildman–Crippen MR) is 84.2 cm³/mol. The summed E-state index contributed by atoms with van der Waals surface area (Å²) >= 11 is 3.50. The highest BCUT2D eigenvalue weighted by Crippen LogP contribution is 2.24. The number of hydrogen-bond acceptors (Lipinski definition) is 3. The van der Waals surface area contributed by atoms with Gasteiger partial charge in [0.2, 0.25) is 5.91 Å². The van der Waals surface area contributed by atoms with Gasteiger partial charge in [-0.3, -0.25) is 4.79 Å². The summed E-state index contributed by atoms with van der Waals surface area (Å²) in [5.41, 5.74) is 3.04. The molecule has 0 aromatic heterocycles. The fourth-order valence-electron chi connectivity index (χ4n) is 1.60. The van der Waals surface area contributed by atoms with Gasteiger partial charge in [0, 0.05) is 23.8 Å². The normalized spacial score (nSPS) is 9.89. The summed E-state index contributed by atoms with van der Waals surface area (Å²) in [6.45, 7) is 5.57. The molecular weight excluding hydrogens is 332 g/mol. The Kier molecular flexibility index (Phi) is 9.01. The standard InChI is InChI=1S/C13H19BrN2O2.ClH/c1-9-6-11(7-10(2)13(9)14)16-12(17)8-15-4-5-18-3;/h6-7,15H,4-5,8H2,1-3H3,(H,16,17);1H. The first-order chi connectivity index (χ1) is 8.54. The number of amides is 1. The minimum Gasteiger partial charge on any atom is -0.383 e. The zero-order valence-corrected chi connectivity index (χ0v) is 13.8. The highest BCUT2D eigenvalue weighted by atomic mass is 79.9. The number of benzene rings is 1. The Morgan fingerprint density at radius 2 is 1.89 bits per heavy atom. The van der Waals surface area contributed by atoms with Crippen LogP contribution in [0.25, 0.3) is 0 Å². The third-order valence-corrected chi connectivity index (χ3v) is 3.74. The molecule has 2 N–H and O–H groups in total. The average molecular weight is 352 g/mol. The molecule has 0 saturated heterocycles. The maximum atomic E-state index is 11.7. The third-order valence-electron chi connectivity index (χ3n) is 2.49. The molecular formula is C13H20BrClN2O2. The monoisotopic (exact) mass is 350 g/mol. The van der Waals surface area contributed by atoms with E-state index in [0.717, 1.165) is 21.3 Å². The molecule has 1 amide bonds. The van der Waals surface area contributed by atoms with Gasteiger partial charge in [-0.05, 0) is 37.1 Å². The van der Waals surface area contributed by atoms with Crippen molar-refractivity contribution in [2.24, 2.45) is 0 Å². The molecule has 0 fully saturated rings. The largest absolute Gasteiger partial charge is 0.383 e. The van der Waals surface area contributed by atoms with E-state index in [1.165, 1.54) is 0 Å². The first-order valence-corrected chi connectivity index (χ1v) is 6.60. The highest BCUT2D eigenvalue weighted by Gasteiger charge is 2.05. The average Bonchev–Trinajstić information content (AvgIpc) is 2.31. The quantitative estimate of drug-likeness (QED) is 0.775. The van der Waals surface area contributed by atoms with Gasteiger partial charge in [-0.25, -0.2) is 0 Å². The van der Waals surface area contributed by atoms with Crippen LogP contribution in [0.15, 0.2) is 16.6 Å². The van der Waals surface area contributed by atoms with Gasteiger partial charge < -0.3 is 15.4 Å². The molecule has 0 radical (unpaired) electrons. The van der Waals surface area contributed by atoms with E-state index in [4.69, 9.17) is 4.74 Å². The number of hydrogen-bond donors (Lipinski definition) is 2. The van der Waals surface area contributed by atoms with Crippen LogP contribution in [-0.2, 0) is 9.53 Å². The number of aryl methyl sites for hydroxylation is 2. The molecule has 6 heteroatoms. The van der Waals surface area contributed by atoms with Gasteiger partial charge in [-0.1, -0.05) is 15.9 Å². The number of ether oxygens (including phenoxy) is 1. The Morgan fingerprint density at radius 1 is 1.32 bits per heavy atom. The third kappa shape index (κ3) is 6.38. The Balaban J connectivity index is 0.00000324. The van der Waals surface area contributed by atoms with E-state index in [0.29, 0.717) is 13.2 Å². The fourth-order valence-corrected chi connectivity index (χ4v) is 1.83. The van der Waals surface area contributed by atoms with Crippen molar-refractivity contribution in [3.63, 3.8) is 0 Å². The fraction of sp³-hybridized carbons (Fsp3) is 0.462. The lowest BCUT2D eigenvalue weighted by atomic mass is 10.1. The first-order valence-electron chi connectivity index (χ1n) is 5.81. The van der Waals surface area contributed by atoms with Crippen molar-refractivity contribution >= 4 is 39.9 Å². The smallest absolute Gasteiger partial charge is 0.238 e. The van der Waals surface area contributed by atoms with Gasteiger partial charge in [0.05, 0.1) is 13.2 Å². The van der Waals surface area contributed by atoms with E-state index in [1.54, 1.807) is 7.11 Å². The van der Waals surface area contributed by atoms with Crippen LogP contribution < -0.4 is 10.6 Å². The van der Waals surface area contributed by atoms with Crippen LogP contribution in [0.4, 0.5) is 5.69 Å². The summed E-state index contributed by atoms with van der Waals surface area (Å²) in [5.74, 6) is -0.0489. The van der Waals surface area contributed by atoms with E-state index < -0.39 is 0 Å². The molecule has 0 bridgehead atoms. The lowest BCUT2D eigenvalue weighted by molar-refractivity contribution is -0.115. The molecule has 1 aromatic rings. The molecule has 4 nitrogen and oxygen atoms in total. The van der Waals surface area contributed by atoms with Crippen molar-refractivity contribution in [1.82, 2.24) is 5.32 Å². The SMILES string of the molecule is COCCNCC(=O)Nc1cc(C)c(Br)c(C)c1.Cl. The zero-order valence-electron chi connectivity index (χ0n) is 11.4. The van der Waals surface area contributed by atoms with Crippen molar-refractivity contribution < 1.29 is 9.53 Å². The van der Waals surface area contributed by atoms with Crippen molar-refractivity contribution in [2.45, 2.75) is 13.8 Å². The Hall–Kier alpha value is -0.620. The maximum Gasteiger partial charge on any atom is 0.238 e. The number of methoxy groups -OCH3 is 1. The molecule has 1 aromatic carbocycles. The molecule has 0 aliphatic heterocycles. The van der Waals surface area contributed by atoms with Crippen LogP contribution in [0.5, 0.6) is 0 Å². The minimum atomic E-state index is -0.0489. The van der Waals surface area contributed by atoms with Crippen LogP contribution in [-0.4, -0.2) is 32.7 Å². The summed E-state index contributed by atoms with van der Waals surface area (Å²) in [5, 5.41) is 5.87.